The van der Waals surface area contributed by atoms with E-state index in [0.29, 0.717) is 19.3 Å². The highest BCUT2D eigenvalue weighted by atomic mass is 28.4. The normalized spacial score (nSPS) is 16.6. The van der Waals surface area contributed by atoms with Crippen LogP contribution in [0.2, 0.25) is 5.04 Å². The van der Waals surface area contributed by atoms with Gasteiger partial charge in [0.2, 0.25) is 0 Å². The van der Waals surface area contributed by atoms with Crippen molar-refractivity contribution in [2.24, 2.45) is 11.8 Å². The molecule has 5 nitrogen and oxygen atoms in total. The average Bonchev–Trinajstić information content (AvgIpc) is 3.01. The van der Waals surface area contributed by atoms with Crippen molar-refractivity contribution < 1.29 is 23.8 Å². The Bertz CT molecular complexity index is 1260. The minimum absolute atomic E-state index is 0.0353. The van der Waals surface area contributed by atoms with Crippen molar-refractivity contribution >= 4 is 25.0 Å². The van der Waals surface area contributed by atoms with Crippen LogP contribution in [-0.2, 0) is 20.6 Å². The molecule has 44 heavy (non-hydrogen) atoms. The summed E-state index contributed by atoms with van der Waals surface area (Å²) in [6.07, 6.45) is 5.38. The van der Waals surface area contributed by atoms with Crippen molar-refractivity contribution in [1.82, 2.24) is 0 Å². The van der Waals surface area contributed by atoms with Crippen molar-refractivity contribution in [2.45, 2.75) is 90.8 Å². The summed E-state index contributed by atoms with van der Waals surface area (Å²) in [7, 11) is -1.04. The topological polar surface area (TPSA) is 65.0 Å². The van der Waals surface area contributed by atoms with Gasteiger partial charge in [-0.25, -0.2) is 0 Å². The number of benzene rings is 3. The average molecular weight is 617 g/mol. The summed E-state index contributed by atoms with van der Waals surface area (Å²) in [6, 6.07) is 29.5. The summed E-state index contributed by atoms with van der Waals surface area (Å²) in [6.45, 7) is 15.5. The molecule has 0 amide bonds. The Morgan fingerprint density at radius 2 is 1.36 bits per heavy atom. The third-order valence-corrected chi connectivity index (χ3v) is 13.8. The molecular weight excluding hydrogens is 564 g/mol. The Morgan fingerprint density at radius 1 is 0.818 bits per heavy atom. The van der Waals surface area contributed by atoms with Crippen LogP contribution in [0.3, 0.4) is 0 Å². The van der Waals surface area contributed by atoms with Gasteiger partial charge in [0.1, 0.15) is 11.4 Å². The Labute approximate surface area is 266 Å². The molecule has 0 radical (unpaired) electrons. The summed E-state index contributed by atoms with van der Waals surface area (Å²) in [4.78, 5) is 11.2. The van der Waals surface area contributed by atoms with E-state index >= 15 is 0 Å². The molecule has 5 atom stereocenters. The fourth-order valence-electron chi connectivity index (χ4n) is 5.75. The number of carbonyl (C=O) groups is 1. The molecule has 0 saturated heterocycles. The molecule has 6 heteroatoms. The SMILES string of the molecule is COc1ccc(CO[C@H](C[C@H](C)[C@H](C)O[Si](c2ccccc2)(c2ccccc2)C(C)(C)C)[C@@H](C)C/C=C/[C@@](C)(O)C=O)cc1. The number of hydrogen-bond donors (Lipinski definition) is 1. The standard InChI is InChI=1S/C38H52O5Si/c1-29(16-15-25-38(7,40)28-39)36(42-27-32-21-23-33(41-8)24-22-32)26-30(2)31(3)43-44(37(4,5)6,34-17-11-9-12-18-34)35-19-13-10-14-20-35/h9-15,17-25,28-31,36,40H,16,26-27H2,1-8H3/b25-15+/t29-,30-,31-,36+,38+/m0/s1. The molecule has 0 aromatic heterocycles. The lowest BCUT2D eigenvalue weighted by Gasteiger charge is -2.46. The van der Waals surface area contributed by atoms with Crippen LogP contribution in [0, 0.1) is 11.8 Å². The van der Waals surface area contributed by atoms with Crippen molar-refractivity contribution in [3.8, 4) is 5.75 Å². The maximum atomic E-state index is 11.2. The van der Waals surface area contributed by atoms with E-state index in [4.69, 9.17) is 13.9 Å². The Kier molecular flexibility index (Phi) is 12.7. The van der Waals surface area contributed by atoms with Gasteiger partial charge in [0, 0.05) is 6.10 Å². The van der Waals surface area contributed by atoms with E-state index in [1.807, 2.05) is 30.3 Å². The Balaban J connectivity index is 1.88. The smallest absolute Gasteiger partial charge is 0.261 e. The first-order valence-electron chi connectivity index (χ1n) is 15.7. The molecule has 0 saturated carbocycles. The quantitative estimate of drug-likeness (QED) is 0.106. The van der Waals surface area contributed by atoms with Crippen LogP contribution in [0.15, 0.2) is 97.1 Å². The molecule has 0 bridgehead atoms. The van der Waals surface area contributed by atoms with Crippen LogP contribution in [-0.4, -0.2) is 44.6 Å². The highest BCUT2D eigenvalue weighted by Gasteiger charge is 2.51. The van der Waals surface area contributed by atoms with Crippen LogP contribution in [0.25, 0.3) is 0 Å². The third kappa shape index (κ3) is 9.24. The molecular formula is C38H52O5Si. The lowest BCUT2D eigenvalue weighted by atomic mass is 9.89. The molecule has 0 fully saturated rings. The number of aldehydes is 1. The summed E-state index contributed by atoms with van der Waals surface area (Å²) < 4.78 is 19.4. The van der Waals surface area contributed by atoms with Gasteiger partial charge >= 0.3 is 0 Å². The van der Waals surface area contributed by atoms with E-state index in [2.05, 4.69) is 102 Å². The summed E-state index contributed by atoms with van der Waals surface area (Å²) in [5, 5.41) is 12.6. The maximum Gasteiger partial charge on any atom is 0.261 e. The number of carbonyl (C=O) groups excluding carboxylic acids is 1. The van der Waals surface area contributed by atoms with Gasteiger partial charge in [0.15, 0.2) is 6.29 Å². The second kappa shape index (κ2) is 15.8. The number of ether oxygens (including phenoxy) is 2. The van der Waals surface area contributed by atoms with E-state index in [0.717, 1.165) is 17.7 Å². The molecule has 0 heterocycles. The number of aliphatic hydroxyl groups is 1. The molecule has 0 unspecified atom stereocenters. The highest BCUT2D eigenvalue weighted by Crippen LogP contribution is 2.39. The van der Waals surface area contributed by atoms with E-state index < -0.39 is 13.9 Å². The zero-order chi connectivity index (χ0) is 32.4. The molecule has 0 spiro atoms. The Hall–Kier alpha value is -3.03. The minimum Gasteiger partial charge on any atom is -0.497 e. The summed E-state index contributed by atoms with van der Waals surface area (Å²) in [5.74, 6) is 1.16. The number of rotatable bonds is 16. The first-order valence-corrected chi connectivity index (χ1v) is 17.6. The number of hydrogen-bond acceptors (Lipinski definition) is 5. The maximum absolute atomic E-state index is 11.2. The number of methoxy groups -OCH3 is 1. The lowest BCUT2D eigenvalue weighted by Crippen LogP contribution is -2.68. The number of allylic oxidation sites excluding steroid dienone is 1. The molecule has 0 aliphatic heterocycles. The molecule has 238 valence electrons. The van der Waals surface area contributed by atoms with Crippen LogP contribution < -0.4 is 15.1 Å². The molecule has 3 aromatic carbocycles. The summed E-state index contributed by atoms with van der Waals surface area (Å²) >= 11 is 0. The van der Waals surface area contributed by atoms with Gasteiger partial charge in [-0.05, 0) is 71.6 Å². The van der Waals surface area contributed by atoms with E-state index in [-0.39, 0.29) is 29.1 Å². The second-order valence-electron chi connectivity index (χ2n) is 13.4. The second-order valence-corrected chi connectivity index (χ2v) is 17.6. The van der Waals surface area contributed by atoms with Crippen molar-refractivity contribution in [1.29, 1.82) is 0 Å². The molecule has 0 aliphatic carbocycles. The van der Waals surface area contributed by atoms with Gasteiger partial charge in [-0.1, -0.05) is 120 Å². The van der Waals surface area contributed by atoms with Crippen molar-refractivity contribution in [2.75, 3.05) is 7.11 Å². The predicted molar refractivity (Wildman–Crippen MR) is 183 cm³/mol. The van der Waals surface area contributed by atoms with Crippen LogP contribution in [0.5, 0.6) is 5.75 Å². The van der Waals surface area contributed by atoms with Crippen molar-refractivity contribution in [3.05, 3.63) is 103 Å². The monoisotopic (exact) mass is 616 g/mol. The predicted octanol–water partition coefficient (Wildman–Crippen LogP) is 7.10. The zero-order valence-corrected chi connectivity index (χ0v) is 28.8. The van der Waals surface area contributed by atoms with Gasteiger partial charge in [0.05, 0.1) is 19.8 Å². The van der Waals surface area contributed by atoms with Crippen LogP contribution in [0.4, 0.5) is 0 Å². The molecule has 3 aromatic rings. The van der Waals surface area contributed by atoms with E-state index in [1.165, 1.54) is 17.3 Å². The fourth-order valence-corrected chi connectivity index (χ4v) is 10.6. The van der Waals surface area contributed by atoms with Gasteiger partial charge in [-0.3, -0.25) is 4.79 Å². The highest BCUT2D eigenvalue weighted by molar-refractivity contribution is 6.99. The third-order valence-electron chi connectivity index (χ3n) is 8.64. The van der Waals surface area contributed by atoms with Gasteiger partial charge < -0.3 is 19.0 Å². The van der Waals surface area contributed by atoms with E-state index in [1.54, 1.807) is 13.2 Å². The molecule has 1 N–H and O–H groups in total. The Morgan fingerprint density at radius 3 is 1.84 bits per heavy atom. The summed E-state index contributed by atoms with van der Waals surface area (Å²) in [5.41, 5.74) is -0.392. The van der Waals surface area contributed by atoms with Gasteiger partial charge in [-0.15, -0.1) is 0 Å². The van der Waals surface area contributed by atoms with Crippen LogP contribution in [0.1, 0.15) is 66.9 Å². The van der Waals surface area contributed by atoms with Crippen LogP contribution >= 0.6 is 0 Å². The molecule has 3 rings (SSSR count). The van der Waals surface area contributed by atoms with Crippen molar-refractivity contribution in [3.63, 3.8) is 0 Å². The van der Waals surface area contributed by atoms with E-state index in [9.17, 15) is 9.90 Å². The largest absolute Gasteiger partial charge is 0.497 e. The van der Waals surface area contributed by atoms with Gasteiger partial charge in [0.25, 0.3) is 8.32 Å². The first kappa shape index (κ1) is 35.4. The zero-order valence-electron chi connectivity index (χ0n) is 27.8. The lowest BCUT2D eigenvalue weighted by molar-refractivity contribution is -0.118. The molecule has 0 aliphatic rings. The first-order chi connectivity index (χ1) is 20.8. The van der Waals surface area contributed by atoms with Gasteiger partial charge in [-0.2, -0.15) is 0 Å². The fraction of sp³-hybridized carbons (Fsp3) is 0.447. The minimum atomic E-state index is -2.70.